The average Bonchev–Trinajstić information content (AvgIpc) is 4.08. The maximum Gasteiger partial charge on any atom is 0.0714 e. The molecule has 0 saturated heterocycles. The Morgan fingerprint density at radius 2 is 0.688 bits per heavy atom. The molecule has 14 rings (SSSR count). The molecular weight excluding hydrogens is 929 g/mol. The molecule has 1 aliphatic carbocycles. The van der Waals surface area contributed by atoms with Crippen LogP contribution in [0.2, 0.25) is 0 Å². The molecule has 0 aromatic heterocycles. The highest BCUT2D eigenvalue weighted by molar-refractivity contribution is 6.05. The Morgan fingerprint density at radius 1 is 0.221 bits per heavy atom. The molecule has 0 radical (unpaired) electrons. The molecule has 2 heteroatoms. The number of para-hydroxylation sites is 2. The average molecular weight is 981 g/mol. The van der Waals surface area contributed by atoms with E-state index in [2.05, 4.69) is 325 Å². The summed E-state index contributed by atoms with van der Waals surface area (Å²) >= 11 is 0. The molecule has 0 spiro atoms. The van der Waals surface area contributed by atoms with E-state index in [1.54, 1.807) is 0 Å². The Kier molecular flexibility index (Phi) is 11.5. The predicted octanol–water partition coefficient (Wildman–Crippen LogP) is 20.3. The second kappa shape index (κ2) is 19.4. The summed E-state index contributed by atoms with van der Waals surface area (Å²) in [5.41, 5.74) is 20.2. The summed E-state index contributed by atoms with van der Waals surface area (Å²) in [6, 6.07) is 116. The lowest BCUT2D eigenvalue weighted by Crippen LogP contribution is -2.28. The molecule has 0 unspecified atom stereocenters. The van der Waals surface area contributed by atoms with Crippen LogP contribution in [0.4, 0.5) is 34.1 Å². The second-order valence-electron chi connectivity index (χ2n) is 20.0. The zero-order valence-corrected chi connectivity index (χ0v) is 42.4. The maximum atomic E-state index is 2.49. The summed E-state index contributed by atoms with van der Waals surface area (Å²) in [6.07, 6.45) is 0. The highest BCUT2D eigenvalue weighted by Crippen LogP contribution is 2.59. The third-order valence-corrected chi connectivity index (χ3v) is 15.6. The van der Waals surface area contributed by atoms with Crippen LogP contribution in [-0.2, 0) is 5.41 Å². The van der Waals surface area contributed by atoms with E-state index in [-0.39, 0.29) is 0 Å². The first-order valence-corrected chi connectivity index (χ1v) is 26.6. The largest absolute Gasteiger partial charge is 0.310 e. The predicted molar refractivity (Wildman–Crippen MR) is 324 cm³/mol. The van der Waals surface area contributed by atoms with Crippen LogP contribution in [-0.4, -0.2) is 0 Å². The molecule has 0 fully saturated rings. The van der Waals surface area contributed by atoms with E-state index in [0.29, 0.717) is 0 Å². The molecule has 2 nitrogen and oxygen atoms in total. The molecule has 1 aliphatic rings. The maximum absolute atomic E-state index is 2.49. The van der Waals surface area contributed by atoms with E-state index in [9.17, 15) is 0 Å². The van der Waals surface area contributed by atoms with E-state index in [1.165, 1.54) is 77.2 Å². The lowest BCUT2D eigenvalue weighted by molar-refractivity contribution is 0.768. The fourth-order valence-corrected chi connectivity index (χ4v) is 12.3. The van der Waals surface area contributed by atoms with Gasteiger partial charge in [-0.2, -0.15) is 0 Å². The molecule has 0 aliphatic heterocycles. The van der Waals surface area contributed by atoms with Gasteiger partial charge in [0.15, 0.2) is 0 Å². The van der Waals surface area contributed by atoms with Gasteiger partial charge in [-0.3, -0.25) is 0 Å². The third-order valence-electron chi connectivity index (χ3n) is 15.6. The third kappa shape index (κ3) is 7.89. The molecule has 0 saturated carbocycles. The minimum atomic E-state index is -0.640. The summed E-state index contributed by atoms with van der Waals surface area (Å²) in [5.74, 6) is 0. The van der Waals surface area contributed by atoms with Gasteiger partial charge in [0.25, 0.3) is 0 Å². The lowest BCUT2D eigenvalue weighted by Gasteiger charge is -2.35. The molecule has 77 heavy (non-hydrogen) atoms. The SMILES string of the molecule is c1ccc(-c2cccc3c2-c2ccc(N(c4ccccc4)c4cc(-c5ccc6ccccc6c5-c5ccccc5)cc(N(c5ccccc5)c5ccc6ccccc6c5)c4)cc2C3(c2ccccc2)c2ccccc2)cc1. The standard InChI is InChI=1S/C75H52N2/c1-7-25-54(26-8-1)68-40-23-41-71-74(68)70-47-45-64(52-72(70)75(71,59-31-11-3-12-32-59)60-33-13-4-14-34-60)77(62-37-17-6-18-38-62)66-50-58(69-46-43-55-27-21-22-39-67(55)73(69)56-28-9-2-10-29-56)49-65(51-66)76(61-35-15-5-16-36-61)63-44-42-53-24-19-20-30-57(53)48-63/h1-52H. The number of fused-ring (bicyclic) bond motifs is 5. The number of anilines is 6. The Labute approximate surface area is 450 Å². The van der Waals surface area contributed by atoms with Gasteiger partial charge in [0, 0.05) is 34.1 Å². The topological polar surface area (TPSA) is 6.48 Å². The van der Waals surface area contributed by atoms with E-state index < -0.39 is 5.41 Å². The minimum Gasteiger partial charge on any atom is -0.310 e. The smallest absolute Gasteiger partial charge is 0.0714 e. The van der Waals surface area contributed by atoms with E-state index in [1.807, 2.05) is 0 Å². The summed E-state index contributed by atoms with van der Waals surface area (Å²) in [4.78, 5) is 4.90. The van der Waals surface area contributed by atoms with Gasteiger partial charge in [-0.25, -0.2) is 0 Å². The number of hydrogen-bond donors (Lipinski definition) is 0. The fraction of sp³-hybridized carbons (Fsp3) is 0.0133. The highest BCUT2D eigenvalue weighted by Gasteiger charge is 2.47. The summed E-state index contributed by atoms with van der Waals surface area (Å²) < 4.78 is 0. The van der Waals surface area contributed by atoms with Crippen molar-refractivity contribution in [3.05, 3.63) is 338 Å². The summed E-state index contributed by atoms with van der Waals surface area (Å²) in [6.45, 7) is 0. The molecule has 0 atom stereocenters. The highest BCUT2D eigenvalue weighted by atomic mass is 15.2. The van der Waals surface area contributed by atoms with Crippen molar-refractivity contribution in [1.82, 2.24) is 0 Å². The normalized spacial score (nSPS) is 12.3. The van der Waals surface area contributed by atoms with Crippen LogP contribution >= 0.6 is 0 Å². The van der Waals surface area contributed by atoms with Crippen molar-refractivity contribution >= 4 is 55.7 Å². The zero-order chi connectivity index (χ0) is 51.1. The Morgan fingerprint density at radius 3 is 1.31 bits per heavy atom. The molecule has 362 valence electrons. The number of rotatable bonds is 11. The first kappa shape index (κ1) is 45.6. The van der Waals surface area contributed by atoms with Crippen molar-refractivity contribution in [2.45, 2.75) is 5.41 Å². The van der Waals surface area contributed by atoms with Gasteiger partial charge in [-0.05, 0) is 155 Å². The van der Waals surface area contributed by atoms with Crippen molar-refractivity contribution in [3.63, 3.8) is 0 Å². The van der Waals surface area contributed by atoms with Crippen LogP contribution in [0.1, 0.15) is 22.3 Å². The molecule has 13 aromatic rings. The number of nitrogens with zero attached hydrogens (tertiary/aromatic N) is 2. The first-order chi connectivity index (χ1) is 38.2. The Balaban J connectivity index is 1.07. The second-order valence-corrected chi connectivity index (χ2v) is 20.0. The van der Waals surface area contributed by atoms with Gasteiger partial charge < -0.3 is 9.80 Å². The molecular formula is C75H52N2. The van der Waals surface area contributed by atoms with E-state index in [4.69, 9.17) is 0 Å². The lowest BCUT2D eigenvalue weighted by atomic mass is 9.67. The van der Waals surface area contributed by atoms with Crippen LogP contribution in [0.25, 0.3) is 66.1 Å². The number of hydrogen-bond acceptors (Lipinski definition) is 2. The molecule has 0 bridgehead atoms. The monoisotopic (exact) mass is 980 g/mol. The van der Waals surface area contributed by atoms with Crippen molar-refractivity contribution in [2.24, 2.45) is 0 Å². The molecule has 13 aromatic carbocycles. The fourth-order valence-electron chi connectivity index (χ4n) is 12.3. The van der Waals surface area contributed by atoms with Gasteiger partial charge in [0.05, 0.1) is 5.41 Å². The molecule has 0 heterocycles. The van der Waals surface area contributed by atoms with Crippen LogP contribution in [0.15, 0.2) is 315 Å². The zero-order valence-electron chi connectivity index (χ0n) is 42.4. The molecule has 0 amide bonds. The van der Waals surface area contributed by atoms with Crippen LogP contribution in [0.3, 0.4) is 0 Å². The minimum absolute atomic E-state index is 0.640. The van der Waals surface area contributed by atoms with Gasteiger partial charge in [-0.15, -0.1) is 0 Å². The van der Waals surface area contributed by atoms with Crippen LogP contribution < -0.4 is 9.80 Å². The summed E-state index contributed by atoms with van der Waals surface area (Å²) in [5, 5.41) is 4.80. The quantitative estimate of drug-likeness (QED) is 0.127. The van der Waals surface area contributed by atoms with E-state index in [0.717, 1.165) is 45.3 Å². The van der Waals surface area contributed by atoms with Gasteiger partial charge in [-0.1, -0.05) is 249 Å². The van der Waals surface area contributed by atoms with Gasteiger partial charge >= 0.3 is 0 Å². The summed E-state index contributed by atoms with van der Waals surface area (Å²) in [7, 11) is 0. The van der Waals surface area contributed by atoms with Crippen LogP contribution in [0, 0.1) is 0 Å². The van der Waals surface area contributed by atoms with Crippen molar-refractivity contribution in [3.8, 4) is 44.5 Å². The van der Waals surface area contributed by atoms with Crippen molar-refractivity contribution in [1.29, 1.82) is 0 Å². The van der Waals surface area contributed by atoms with Crippen molar-refractivity contribution < 1.29 is 0 Å². The van der Waals surface area contributed by atoms with Crippen molar-refractivity contribution in [2.75, 3.05) is 9.80 Å². The first-order valence-electron chi connectivity index (χ1n) is 26.6. The Bertz CT molecular complexity index is 4210. The Hall–Kier alpha value is -10.0. The van der Waals surface area contributed by atoms with E-state index >= 15 is 0 Å². The van der Waals surface area contributed by atoms with Crippen LogP contribution in [0.5, 0.6) is 0 Å². The molecule has 0 N–H and O–H groups in total. The number of benzene rings is 13. The van der Waals surface area contributed by atoms with Gasteiger partial charge in [0.1, 0.15) is 0 Å². The van der Waals surface area contributed by atoms with Gasteiger partial charge in [0.2, 0.25) is 0 Å².